The van der Waals surface area contributed by atoms with Crippen LogP contribution in [0, 0.1) is 5.92 Å². The van der Waals surface area contributed by atoms with Gasteiger partial charge in [0.15, 0.2) is 0 Å². The minimum absolute atomic E-state index is 0.00289. The van der Waals surface area contributed by atoms with Crippen molar-refractivity contribution >= 4 is 17.7 Å². The largest absolute Gasteiger partial charge is 0.468 e. The van der Waals surface area contributed by atoms with Crippen LogP contribution >= 0.6 is 11.8 Å². The van der Waals surface area contributed by atoms with Crippen molar-refractivity contribution in [3.05, 3.63) is 95.4 Å². The fraction of sp³-hybridized carbons (Fsp3) is 0.370. The Bertz CT molecular complexity index is 934. The van der Waals surface area contributed by atoms with Gasteiger partial charge in [0.25, 0.3) is 5.91 Å². The molecule has 0 unspecified atom stereocenters. The Kier molecular flexibility index (Phi) is 8.46. The van der Waals surface area contributed by atoms with Crippen LogP contribution in [-0.4, -0.2) is 36.2 Å². The maximum Gasteiger partial charge on any atom is 0.251 e. The van der Waals surface area contributed by atoms with Crippen molar-refractivity contribution in [2.24, 2.45) is 5.92 Å². The van der Waals surface area contributed by atoms with Gasteiger partial charge in [0.2, 0.25) is 0 Å². The van der Waals surface area contributed by atoms with Gasteiger partial charge >= 0.3 is 0 Å². The summed E-state index contributed by atoms with van der Waals surface area (Å²) in [6.07, 6.45) is 5.40. The maximum atomic E-state index is 12.4. The van der Waals surface area contributed by atoms with Crippen LogP contribution in [0.1, 0.15) is 40.1 Å². The molecule has 168 valence electrons. The summed E-state index contributed by atoms with van der Waals surface area (Å²) in [6.45, 7) is 3.91. The molecule has 5 heteroatoms. The number of carbonyl (C=O) groups is 1. The zero-order valence-electron chi connectivity index (χ0n) is 18.5. The van der Waals surface area contributed by atoms with Gasteiger partial charge in [-0.3, -0.25) is 9.69 Å². The van der Waals surface area contributed by atoms with Crippen molar-refractivity contribution < 1.29 is 9.21 Å². The molecular weight excluding hydrogens is 416 g/mol. The molecule has 0 aliphatic carbocycles. The lowest BCUT2D eigenvalue weighted by molar-refractivity contribution is 0.0956. The number of hydrogen-bond donors (Lipinski definition) is 1. The monoisotopic (exact) mass is 448 g/mol. The summed E-state index contributed by atoms with van der Waals surface area (Å²) in [4.78, 5) is 14.9. The molecule has 1 amide bonds. The second-order valence-electron chi connectivity index (χ2n) is 8.49. The van der Waals surface area contributed by atoms with E-state index >= 15 is 0 Å². The summed E-state index contributed by atoms with van der Waals surface area (Å²) < 4.78 is 5.31. The third-order valence-corrected chi connectivity index (χ3v) is 7.03. The number of nitrogens with one attached hydrogen (secondary N) is 1. The summed E-state index contributed by atoms with van der Waals surface area (Å²) in [5, 5.41) is 3.00. The van der Waals surface area contributed by atoms with E-state index in [2.05, 4.69) is 52.7 Å². The predicted octanol–water partition coefficient (Wildman–Crippen LogP) is 5.40. The molecule has 1 aliphatic rings. The van der Waals surface area contributed by atoms with E-state index in [1.165, 1.54) is 30.4 Å². The standard InChI is InChI=1S/C27H32N2O2S/c30-27(28-14-18-32-21-26-7-4-17-31-26)25-10-8-24(9-11-25)20-29-15-12-23(13-16-29)19-22-5-2-1-3-6-22/h1-11,17,23H,12-16,18-21H2,(H,28,30). The van der Waals surface area contributed by atoms with Crippen molar-refractivity contribution in [1.82, 2.24) is 10.2 Å². The molecule has 0 bridgehead atoms. The Morgan fingerprint density at radius 1 is 0.969 bits per heavy atom. The van der Waals surface area contributed by atoms with E-state index in [0.717, 1.165) is 48.4 Å². The van der Waals surface area contributed by atoms with E-state index in [0.29, 0.717) is 6.54 Å². The minimum Gasteiger partial charge on any atom is -0.468 e. The lowest BCUT2D eigenvalue weighted by Gasteiger charge is -2.32. The third-order valence-electron chi connectivity index (χ3n) is 6.05. The van der Waals surface area contributed by atoms with E-state index in [1.54, 1.807) is 18.0 Å². The van der Waals surface area contributed by atoms with Crippen LogP contribution in [0.3, 0.4) is 0 Å². The Hall–Kier alpha value is -2.50. The fourth-order valence-electron chi connectivity index (χ4n) is 4.22. The summed E-state index contributed by atoms with van der Waals surface area (Å²) in [5.41, 5.74) is 3.46. The number of thioether (sulfide) groups is 1. The topological polar surface area (TPSA) is 45.5 Å². The van der Waals surface area contributed by atoms with Crippen LogP contribution in [0.25, 0.3) is 0 Å². The molecule has 4 nitrogen and oxygen atoms in total. The van der Waals surface area contributed by atoms with Crippen molar-refractivity contribution in [3.8, 4) is 0 Å². The molecule has 2 aromatic carbocycles. The molecular formula is C27H32N2O2S. The number of carbonyl (C=O) groups excluding carboxylic acids is 1. The third kappa shape index (κ3) is 7.01. The summed E-state index contributed by atoms with van der Waals surface area (Å²) in [5.74, 6) is 3.46. The average molecular weight is 449 g/mol. The van der Waals surface area contributed by atoms with Crippen LogP contribution < -0.4 is 5.32 Å². The fourth-order valence-corrected chi connectivity index (χ4v) is 4.98. The van der Waals surface area contributed by atoms with Crippen LogP contribution in [0.2, 0.25) is 0 Å². The van der Waals surface area contributed by atoms with Gasteiger partial charge in [-0.25, -0.2) is 0 Å². The number of piperidine rings is 1. The Morgan fingerprint density at radius 2 is 1.75 bits per heavy atom. The van der Waals surface area contributed by atoms with Crippen LogP contribution in [0.4, 0.5) is 0 Å². The van der Waals surface area contributed by atoms with Crippen molar-refractivity contribution in [1.29, 1.82) is 0 Å². The summed E-state index contributed by atoms with van der Waals surface area (Å²) in [6, 6.07) is 22.8. The lowest BCUT2D eigenvalue weighted by atomic mass is 9.90. The minimum atomic E-state index is -0.00289. The predicted molar refractivity (Wildman–Crippen MR) is 132 cm³/mol. The Balaban J connectivity index is 1.14. The van der Waals surface area contributed by atoms with E-state index in [4.69, 9.17) is 4.42 Å². The van der Waals surface area contributed by atoms with Crippen molar-refractivity contribution in [2.45, 2.75) is 31.6 Å². The molecule has 1 N–H and O–H groups in total. The highest BCUT2D eigenvalue weighted by atomic mass is 32.2. The molecule has 1 aromatic heterocycles. The van der Waals surface area contributed by atoms with Crippen molar-refractivity contribution in [3.63, 3.8) is 0 Å². The molecule has 32 heavy (non-hydrogen) atoms. The number of furan rings is 1. The number of likely N-dealkylation sites (tertiary alicyclic amines) is 1. The molecule has 0 spiro atoms. The zero-order chi connectivity index (χ0) is 22.0. The van der Waals surface area contributed by atoms with Gasteiger partial charge in [-0.2, -0.15) is 11.8 Å². The van der Waals surface area contributed by atoms with E-state index < -0.39 is 0 Å². The highest BCUT2D eigenvalue weighted by molar-refractivity contribution is 7.98. The maximum absolute atomic E-state index is 12.4. The Morgan fingerprint density at radius 3 is 2.47 bits per heavy atom. The van der Waals surface area contributed by atoms with Gasteiger partial charge in [-0.15, -0.1) is 0 Å². The first-order chi connectivity index (χ1) is 15.8. The molecule has 0 atom stereocenters. The van der Waals surface area contributed by atoms with Crippen LogP contribution in [0.15, 0.2) is 77.4 Å². The SMILES string of the molecule is O=C(NCCSCc1ccco1)c1ccc(CN2CCC(Cc3ccccc3)CC2)cc1. The molecule has 1 aliphatic heterocycles. The normalized spacial score (nSPS) is 15.0. The van der Waals surface area contributed by atoms with E-state index in [9.17, 15) is 4.79 Å². The second kappa shape index (κ2) is 11.9. The van der Waals surface area contributed by atoms with E-state index in [1.807, 2.05) is 24.3 Å². The molecule has 0 radical (unpaired) electrons. The highest BCUT2D eigenvalue weighted by Gasteiger charge is 2.19. The van der Waals surface area contributed by atoms with Crippen LogP contribution in [-0.2, 0) is 18.7 Å². The molecule has 0 saturated carbocycles. The van der Waals surface area contributed by atoms with Crippen LogP contribution in [0.5, 0.6) is 0 Å². The number of benzene rings is 2. The first-order valence-electron chi connectivity index (χ1n) is 11.5. The number of rotatable bonds is 10. The van der Waals surface area contributed by atoms with Gasteiger partial charge < -0.3 is 9.73 Å². The van der Waals surface area contributed by atoms with Gasteiger partial charge in [-0.1, -0.05) is 42.5 Å². The molecule has 3 aromatic rings. The zero-order valence-corrected chi connectivity index (χ0v) is 19.4. The number of hydrogen-bond acceptors (Lipinski definition) is 4. The smallest absolute Gasteiger partial charge is 0.251 e. The average Bonchev–Trinajstić information content (AvgIpc) is 3.35. The van der Waals surface area contributed by atoms with Gasteiger partial charge in [0.05, 0.1) is 12.0 Å². The summed E-state index contributed by atoms with van der Waals surface area (Å²) >= 11 is 1.76. The first kappa shape index (κ1) is 22.7. The molecule has 4 rings (SSSR count). The lowest BCUT2D eigenvalue weighted by Crippen LogP contribution is -2.33. The second-order valence-corrected chi connectivity index (χ2v) is 9.60. The Labute approximate surface area is 195 Å². The van der Waals surface area contributed by atoms with E-state index in [-0.39, 0.29) is 5.91 Å². The summed E-state index contributed by atoms with van der Waals surface area (Å²) in [7, 11) is 0. The molecule has 2 heterocycles. The van der Waals surface area contributed by atoms with Crippen molar-refractivity contribution in [2.75, 3.05) is 25.4 Å². The van der Waals surface area contributed by atoms with Gasteiger partial charge in [-0.05, 0) is 73.7 Å². The number of nitrogens with zero attached hydrogens (tertiary/aromatic N) is 1. The quantitative estimate of drug-likeness (QED) is 0.422. The van der Waals surface area contributed by atoms with Gasteiger partial charge in [0.1, 0.15) is 5.76 Å². The number of amides is 1. The highest BCUT2D eigenvalue weighted by Crippen LogP contribution is 2.23. The molecule has 1 saturated heterocycles. The first-order valence-corrected chi connectivity index (χ1v) is 12.7. The molecule has 1 fully saturated rings. The van der Waals surface area contributed by atoms with Gasteiger partial charge in [0, 0.05) is 24.4 Å².